The lowest BCUT2D eigenvalue weighted by molar-refractivity contribution is -0.117. The molecule has 1 aliphatic heterocycles. The van der Waals surface area contributed by atoms with Crippen molar-refractivity contribution in [1.82, 2.24) is 5.32 Å². The van der Waals surface area contributed by atoms with E-state index < -0.39 is 0 Å². The Morgan fingerprint density at radius 1 is 1.40 bits per heavy atom. The molecule has 1 aromatic carbocycles. The summed E-state index contributed by atoms with van der Waals surface area (Å²) in [4.78, 5) is 11.3. The molecule has 1 aromatic rings. The first-order valence-corrected chi connectivity index (χ1v) is 7.79. The first-order valence-electron chi connectivity index (χ1n) is 7.79. The van der Waals surface area contributed by atoms with Crippen molar-refractivity contribution >= 4 is 5.78 Å². The maximum atomic E-state index is 11.3. The van der Waals surface area contributed by atoms with Gasteiger partial charge in [0.15, 0.2) is 0 Å². The summed E-state index contributed by atoms with van der Waals surface area (Å²) in [6, 6.07) is 4.38. The summed E-state index contributed by atoms with van der Waals surface area (Å²) in [5.74, 6) is 2.04. The molecule has 2 aliphatic rings. The third-order valence-electron chi connectivity index (χ3n) is 4.57. The van der Waals surface area contributed by atoms with Crippen LogP contribution in [0.5, 0.6) is 5.75 Å². The van der Waals surface area contributed by atoms with Crippen molar-refractivity contribution in [2.24, 2.45) is 0 Å². The second-order valence-corrected chi connectivity index (χ2v) is 5.81. The minimum Gasteiger partial charge on any atom is -0.493 e. The van der Waals surface area contributed by atoms with Crippen LogP contribution < -0.4 is 10.1 Å². The minimum absolute atomic E-state index is 0.297. The second kappa shape index (κ2) is 5.96. The normalized spacial score (nSPS) is 19.6. The van der Waals surface area contributed by atoms with E-state index in [-0.39, 0.29) is 0 Å². The highest BCUT2D eigenvalue weighted by Gasteiger charge is 2.28. The SMILES string of the molecule is CCC(=O)CNCCC1CCc2ccc3c(c21)CCO3. The Morgan fingerprint density at radius 3 is 3.15 bits per heavy atom. The first kappa shape index (κ1) is 13.6. The van der Waals surface area contributed by atoms with Crippen molar-refractivity contribution in [2.45, 2.75) is 44.9 Å². The first-order chi connectivity index (χ1) is 9.79. The van der Waals surface area contributed by atoms with Gasteiger partial charge in [-0.2, -0.15) is 0 Å². The molecular formula is C17H23NO2. The summed E-state index contributed by atoms with van der Waals surface area (Å²) in [5.41, 5.74) is 4.53. The fraction of sp³-hybridized carbons (Fsp3) is 0.588. The predicted octanol–water partition coefficient (Wildman–Crippen LogP) is 2.61. The molecule has 0 saturated heterocycles. The van der Waals surface area contributed by atoms with Crippen molar-refractivity contribution in [2.75, 3.05) is 19.7 Å². The Balaban J connectivity index is 1.62. The predicted molar refractivity (Wildman–Crippen MR) is 79.5 cm³/mol. The Morgan fingerprint density at radius 2 is 2.30 bits per heavy atom. The highest BCUT2D eigenvalue weighted by Crippen LogP contribution is 2.42. The van der Waals surface area contributed by atoms with E-state index in [0.717, 1.165) is 31.7 Å². The van der Waals surface area contributed by atoms with Crippen molar-refractivity contribution < 1.29 is 9.53 Å². The lowest BCUT2D eigenvalue weighted by Gasteiger charge is -2.15. The number of hydrogen-bond acceptors (Lipinski definition) is 3. The van der Waals surface area contributed by atoms with Crippen LogP contribution in [0.1, 0.15) is 48.8 Å². The molecule has 1 heterocycles. The summed E-state index contributed by atoms with van der Waals surface area (Å²) >= 11 is 0. The van der Waals surface area contributed by atoms with Gasteiger partial charge in [-0.3, -0.25) is 4.79 Å². The van der Waals surface area contributed by atoms with Crippen LogP contribution in [0.3, 0.4) is 0 Å². The van der Waals surface area contributed by atoms with Gasteiger partial charge in [0.25, 0.3) is 0 Å². The highest BCUT2D eigenvalue weighted by molar-refractivity contribution is 5.80. The zero-order valence-corrected chi connectivity index (χ0v) is 12.2. The van der Waals surface area contributed by atoms with Crippen LogP contribution in [0, 0.1) is 0 Å². The van der Waals surface area contributed by atoms with Gasteiger partial charge in [0.1, 0.15) is 11.5 Å². The van der Waals surface area contributed by atoms with E-state index >= 15 is 0 Å². The molecule has 1 atom stereocenters. The smallest absolute Gasteiger partial charge is 0.146 e. The number of carbonyl (C=O) groups is 1. The molecule has 0 bridgehead atoms. The van der Waals surface area contributed by atoms with E-state index in [1.54, 1.807) is 5.56 Å². The van der Waals surface area contributed by atoms with Crippen molar-refractivity contribution in [3.8, 4) is 5.75 Å². The topological polar surface area (TPSA) is 38.3 Å². The number of fused-ring (bicyclic) bond motifs is 3. The van der Waals surface area contributed by atoms with Gasteiger partial charge in [0.2, 0.25) is 0 Å². The lowest BCUT2D eigenvalue weighted by atomic mass is 9.92. The molecule has 20 heavy (non-hydrogen) atoms. The van der Waals surface area contributed by atoms with Crippen molar-refractivity contribution in [3.63, 3.8) is 0 Å². The van der Waals surface area contributed by atoms with Crippen molar-refractivity contribution in [1.29, 1.82) is 0 Å². The van der Waals surface area contributed by atoms with Crippen LogP contribution in [0.2, 0.25) is 0 Å². The van der Waals surface area contributed by atoms with Gasteiger partial charge in [0, 0.05) is 18.4 Å². The Bertz CT molecular complexity index is 510. The van der Waals surface area contributed by atoms with Gasteiger partial charge in [-0.15, -0.1) is 0 Å². The number of hydrogen-bond donors (Lipinski definition) is 1. The molecule has 0 saturated carbocycles. The zero-order chi connectivity index (χ0) is 13.9. The van der Waals surface area contributed by atoms with Gasteiger partial charge in [-0.05, 0) is 48.9 Å². The monoisotopic (exact) mass is 273 g/mol. The largest absolute Gasteiger partial charge is 0.493 e. The van der Waals surface area contributed by atoms with E-state index in [1.165, 1.54) is 24.0 Å². The maximum absolute atomic E-state index is 11.3. The summed E-state index contributed by atoms with van der Waals surface area (Å²) in [6.45, 7) is 4.20. The summed E-state index contributed by atoms with van der Waals surface area (Å²) < 4.78 is 5.68. The van der Waals surface area contributed by atoms with E-state index in [4.69, 9.17) is 4.74 Å². The van der Waals surface area contributed by atoms with E-state index in [2.05, 4.69) is 17.4 Å². The highest BCUT2D eigenvalue weighted by atomic mass is 16.5. The molecule has 1 unspecified atom stereocenters. The third kappa shape index (κ3) is 2.59. The van der Waals surface area contributed by atoms with Gasteiger partial charge in [-0.1, -0.05) is 13.0 Å². The average molecular weight is 273 g/mol. The van der Waals surface area contributed by atoms with Crippen LogP contribution in [0.15, 0.2) is 12.1 Å². The second-order valence-electron chi connectivity index (χ2n) is 5.81. The van der Waals surface area contributed by atoms with E-state index in [1.807, 2.05) is 6.92 Å². The number of nitrogens with one attached hydrogen (secondary N) is 1. The third-order valence-corrected chi connectivity index (χ3v) is 4.57. The van der Waals surface area contributed by atoms with Crippen LogP contribution in [-0.4, -0.2) is 25.5 Å². The molecule has 1 aliphatic carbocycles. The number of ether oxygens (including phenoxy) is 1. The quantitative estimate of drug-likeness (QED) is 0.810. The number of carbonyl (C=O) groups excluding carboxylic acids is 1. The molecule has 0 spiro atoms. The van der Waals surface area contributed by atoms with Crippen LogP contribution in [0.25, 0.3) is 0 Å². The number of aryl methyl sites for hydroxylation is 1. The van der Waals surface area contributed by atoms with Gasteiger partial charge < -0.3 is 10.1 Å². The standard InChI is InChI=1S/C17H23NO2/c1-2-14(19)11-18-9-7-13-4-3-12-5-6-16-15(17(12)13)8-10-20-16/h5-6,13,18H,2-4,7-11H2,1H3. The molecule has 0 radical (unpaired) electrons. The van der Waals surface area contributed by atoms with E-state index in [9.17, 15) is 4.79 Å². The molecule has 3 rings (SSSR count). The molecular weight excluding hydrogens is 250 g/mol. The Hall–Kier alpha value is -1.35. The van der Waals surface area contributed by atoms with Crippen molar-refractivity contribution in [3.05, 3.63) is 28.8 Å². The number of rotatable bonds is 6. The maximum Gasteiger partial charge on any atom is 0.146 e. The summed E-state index contributed by atoms with van der Waals surface area (Å²) in [6.07, 6.45) is 5.26. The van der Waals surface area contributed by atoms with Gasteiger partial charge in [0.05, 0.1) is 13.2 Å². The number of benzene rings is 1. The molecule has 1 N–H and O–H groups in total. The van der Waals surface area contributed by atoms with Crippen LogP contribution in [-0.2, 0) is 17.6 Å². The molecule has 108 valence electrons. The van der Waals surface area contributed by atoms with E-state index in [0.29, 0.717) is 24.7 Å². The lowest BCUT2D eigenvalue weighted by Crippen LogP contribution is -2.24. The fourth-order valence-electron chi connectivity index (χ4n) is 3.47. The van der Waals surface area contributed by atoms with Gasteiger partial charge >= 0.3 is 0 Å². The summed E-state index contributed by atoms with van der Waals surface area (Å²) in [5, 5.41) is 3.28. The van der Waals surface area contributed by atoms with Crippen LogP contribution >= 0.6 is 0 Å². The average Bonchev–Trinajstić information content (AvgIpc) is 3.08. The molecule has 0 amide bonds. The molecule has 0 fully saturated rings. The fourth-order valence-corrected chi connectivity index (χ4v) is 3.47. The molecule has 0 aromatic heterocycles. The summed E-state index contributed by atoms with van der Waals surface area (Å²) in [7, 11) is 0. The zero-order valence-electron chi connectivity index (χ0n) is 12.2. The Kier molecular flexibility index (Phi) is 4.06. The Labute approximate surface area is 120 Å². The number of Topliss-reactive ketones (excluding diaryl/α,β-unsaturated/α-hetero) is 1. The molecule has 3 heteroatoms. The van der Waals surface area contributed by atoms with Crippen LogP contribution in [0.4, 0.5) is 0 Å². The molecule has 3 nitrogen and oxygen atoms in total. The number of ketones is 1. The van der Waals surface area contributed by atoms with Gasteiger partial charge in [-0.25, -0.2) is 0 Å². The minimum atomic E-state index is 0.297.